The number of halogens is 1. The van der Waals surface area contributed by atoms with Crippen LogP contribution in [0.3, 0.4) is 0 Å². The van der Waals surface area contributed by atoms with Crippen LogP contribution < -0.4 is 5.32 Å². The Labute approximate surface area is 203 Å². The first-order chi connectivity index (χ1) is 16.3. The van der Waals surface area contributed by atoms with Crippen molar-refractivity contribution in [1.29, 1.82) is 0 Å². The van der Waals surface area contributed by atoms with Crippen LogP contribution in [-0.2, 0) is 27.2 Å². The number of benzene rings is 2. The fraction of sp³-hybridized carbons (Fsp3) is 0.308. The first kappa shape index (κ1) is 23.7. The van der Waals surface area contributed by atoms with Gasteiger partial charge in [0.15, 0.2) is 6.61 Å². The van der Waals surface area contributed by atoms with E-state index in [0.29, 0.717) is 22.2 Å². The second-order valence-electron chi connectivity index (χ2n) is 8.63. The minimum Gasteiger partial charge on any atom is -0.452 e. The Bertz CT molecular complexity index is 1260. The number of amides is 2. The molecule has 0 bridgehead atoms. The van der Waals surface area contributed by atoms with Crippen LogP contribution in [0.1, 0.15) is 35.0 Å². The normalized spacial score (nSPS) is 14.9. The van der Waals surface area contributed by atoms with Crippen LogP contribution in [0, 0.1) is 5.92 Å². The van der Waals surface area contributed by atoms with Crippen molar-refractivity contribution in [2.45, 2.75) is 26.2 Å². The predicted molar refractivity (Wildman–Crippen MR) is 131 cm³/mol. The number of esters is 1. The zero-order valence-corrected chi connectivity index (χ0v) is 19.9. The summed E-state index contributed by atoms with van der Waals surface area (Å²) in [5.74, 6) is -1.00. The molecule has 0 radical (unpaired) electrons. The minimum absolute atomic E-state index is 0.202. The predicted octanol–water partition coefficient (Wildman–Crippen LogP) is 4.27. The number of anilines is 1. The highest BCUT2D eigenvalue weighted by atomic mass is 35.5. The van der Waals surface area contributed by atoms with E-state index in [1.54, 1.807) is 24.3 Å². The van der Waals surface area contributed by atoms with Gasteiger partial charge < -0.3 is 15.0 Å². The van der Waals surface area contributed by atoms with Gasteiger partial charge in [-0.3, -0.25) is 14.6 Å². The number of carbonyl (C=O) groups excluding carboxylic acids is 3. The molecule has 1 N–H and O–H groups in total. The summed E-state index contributed by atoms with van der Waals surface area (Å²) in [6, 6.07) is 14.3. The molecule has 0 fully saturated rings. The summed E-state index contributed by atoms with van der Waals surface area (Å²) in [7, 11) is 1.48. The molecular weight excluding hydrogens is 454 g/mol. The fourth-order valence-corrected chi connectivity index (χ4v) is 4.34. The van der Waals surface area contributed by atoms with E-state index in [1.165, 1.54) is 11.9 Å². The van der Waals surface area contributed by atoms with Crippen molar-refractivity contribution in [2.75, 3.05) is 25.5 Å². The zero-order valence-electron chi connectivity index (χ0n) is 19.1. The molecule has 0 aliphatic heterocycles. The lowest BCUT2D eigenvalue weighted by atomic mass is 9.84. The molecule has 2 amide bonds. The number of para-hydroxylation sites is 2. The Morgan fingerprint density at radius 2 is 1.88 bits per heavy atom. The summed E-state index contributed by atoms with van der Waals surface area (Å²) >= 11 is 6.05. The molecule has 1 aliphatic rings. The maximum absolute atomic E-state index is 13.2. The Morgan fingerprint density at radius 1 is 1.15 bits per heavy atom. The lowest BCUT2D eigenvalue weighted by Crippen LogP contribution is -2.37. The van der Waals surface area contributed by atoms with Crippen LogP contribution in [-0.4, -0.2) is 47.9 Å². The number of likely N-dealkylation sites (N-methyl/N-ethyl adjacent to an activating group) is 1. The van der Waals surface area contributed by atoms with Crippen LogP contribution in [0.15, 0.2) is 48.5 Å². The average Bonchev–Trinajstić information content (AvgIpc) is 2.82. The largest absolute Gasteiger partial charge is 0.452 e. The fourth-order valence-electron chi connectivity index (χ4n) is 4.16. The number of carbonyl (C=O) groups is 3. The van der Waals surface area contributed by atoms with Gasteiger partial charge in [-0.1, -0.05) is 48.9 Å². The van der Waals surface area contributed by atoms with Crippen LogP contribution in [0.2, 0.25) is 5.02 Å². The lowest BCUT2D eigenvalue weighted by Gasteiger charge is -2.24. The molecule has 1 aromatic heterocycles. The first-order valence-electron chi connectivity index (χ1n) is 11.2. The summed E-state index contributed by atoms with van der Waals surface area (Å²) < 4.78 is 5.43. The van der Waals surface area contributed by atoms with Crippen molar-refractivity contribution < 1.29 is 19.1 Å². The third kappa shape index (κ3) is 5.20. The molecule has 0 spiro atoms. The summed E-state index contributed by atoms with van der Waals surface area (Å²) in [6.07, 6.45) is 2.57. The van der Waals surface area contributed by atoms with Gasteiger partial charge in [-0.25, -0.2) is 4.79 Å². The molecule has 34 heavy (non-hydrogen) atoms. The summed E-state index contributed by atoms with van der Waals surface area (Å²) in [5, 5.41) is 3.79. The third-order valence-corrected chi connectivity index (χ3v) is 6.32. The Kier molecular flexibility index (Phi) is 7.12. The standard InChI is InChI=1S/C26H26ClN3O4/c1-16-11-12-21-18(13-16)25(17-7-3-5-9-20(17)28-21)26(33)34-15-24(32)30(2)14-23(31)29-22-10-6-4-8-19(22)27/h3-10,16H,11-15H2,1-2H3,(H,29,31). The highest BCUT2D eigenvalue weighted by Crippen LogP contribution is 2.32. The van der Waals surface area contributed by atoms with Crippen molar-refractivity contribution in [3.63, 3.8) is 0 Å². The van der Waals surface area contributed by atoms with Crippen molar-refractivity contribution >= 4 is 46.0 Å². The molecule has 1 aliphatic carbocycles. The van der Waals surface area contributed by atoms with E-state index in [0.717, 1.165) is 41.4 Å². The summed E-state index contributed by atoms with van der Waals surface area (Å²) in [4.78, 5) is 44.0. The number of pyridine rings is 1. The molecule has 2 aromatic carbocycles. The van der Waals surface area contributed by atoms with Gasteiger partial charge in [-0.05, 0) is 48.9 Å². The van der Waals surface area contributed by atoms with E-state index in [2.05, 4.69) is 12.2 Å². The van der Waals surface area contributed by atoms with Crippen LogP contribution >= 0.6 is 11.6 Å². The topological polar surface area (TPSA) is 88.6 Å². The Morgan fingerprint density at radius 3 is 2.68 bits per heavy atom. The van der Waals surface area contributed by atoms with Crippen LogP contribution in [0.5, 0.6) is 0 Å². The zero-order chi connectivity index (χ0) is 24.2. The van der Waals surface area contributed by atoms with Crippen molar-refractivity contribution in [2.24, 2.45) is 5.92 Å². The van der Waals surface area contributed by atoms with Gasteiger partial charge in [0.25, 0.3) is 5.91 Å². The molecular formula is C26H26ClN3O4. The van der Waals surface area contributed by atoms with Gasteiger partial charge >= 0.3 is 5.97 Å². The number of fused-ring (bicyclic) bond motifs is 2. The van der Waals surface area contributed by atoms with E-state index in [1.807, 2.05) is 24.3 Å². The molecule has 8 heteroatoms. The SMILES string of the molecule is CC1CCc2nc3ccccc3c(C(=O)OCC(=O)N(C)CC(=O)Nc3ccccc3Cl)c2C1. The number of ether oxygens (including phenoxy) is 1. The van der Waals surface area contributed by atoms with E-state index >= 15 is 0 Å². The lowest BCUT2D eigenvalue weighted by molar-refractivity contribution is -0.136. The molecule has 1 unspecified atom stereocenters. The molecule has 176 valence electrons. The molecule has 7 nitrogen and oxygen atoms in total. The van der Waals surface area contributed by atoms with E-state index in [-0.39, 0.29) is 6.54 Å². The second-order valence-corrected chi connectivity index (χ2v) is 9.04. The summed E-state index contributed by atoms with van der Waals surface area (Å²) in [6.45, 7) is 1.49. The quantitative estimate of drug-likeness (QED) is 0.533. The van der Waals surface area contributed by atoms with Gasteiger partial charge in [-0.15, -0.1) is 0 Å². The van der Waals surface area contributed by atoms with Crippen molar-refractivity contribution in [3.8, 4) is 0 Å². The summed E-state index contributed by atoms with van der Waals surface area (Å²) in [5.41, 5.74) is 3.51. The molecule has 1 atom stereocenters. The van der Waals surface area contributed by atoms with Gasteiger partial charge in [0.2, 0.25) is 5.91 Å². The van der Waals surface area contributed by atoms with Gasteiger partial charge in [0.1, 0.15) is 0 Å². The number of nitrogens with one attached hydrogen (secondary N) is 1. The van der Waals surface area contributed by atoms with Gasteiger partial charge in [0, 0.05) is 18.1 Å². The van der Waals surface area contributed by atoms with Crippen LogP contribution in [0.4, 0.5) is 5.69 Å². The molecule has 0 saturated heterocycles. The highest BCUT2D eigenvalue weighted by molar-refractivity contribution is 6.33. The number of rotatable bonds is 6. The van der Waals surface area contributed by atoms with Crippen LogP contribution in [0.25, 0.3) is 10.9 Å². The van der Waals surface area contributed by atoms with E-state index in [9.17, 15) is 14.4 Å². The number of aromatic nitrogens is 1. The first-order valence-corrected chi connectivity index (χ1v) is 11.6. The van der Waals surface area contributed by atoms with E-state index < -0.39 is 24.4 Å². The molecule has 1 heterocycles. The van der Waals surface area contributed by atoms with Gasteiger partial charge in [-0.2, -0.15) is 0 Å². The number of hydrogen-bond donors (Lipinski definition) is 1. The second kappa shape index (κ2) is 10.2. The molecule has 4 rings (SSSR count). The molecule has 3 aromatic rings. The monoisotopic (exact) mass is 479 g/mol. The molecule has 0 saturated carbocycles. The smallest absolute Gasteiger partial charge is 0.339 e. The number of aryl methyl sites for hydroxylation is 1. The Hall–Kier alpha value is -3.45. The average molecular weight is 480 g/mol. The maximum Gasteiger partial charge on any atom is 0.339 e. The minimum atomic E-state index is -0.550. The number of nitrogens with zero attached hydrogens (tertiary/aromatic N) is 2. The van der Waals surface area contributed by atoms with E-state index in [4.69, 9.17) is 21.3 Å². The van der Waals surface area contributed by atoms with Gasteiger partial charge in [0.05, 0.1) is 28.3 Å². The third-order valence-electron chi connectivity index (χ3n) is 5.99. The highest BCUT2D eigenvalue weighted by Gasteiger charge is 2.27. The number of hydrogen-bond acceptors (Lipinski definition) is 5. The Balaban J connectivity index is 1.43. The van der Waals surface area contributed by atoms with Crippen molar-refractivity contribution in [1.82, 2.24) is 9.88 Å². The maximum atomic E-state index is 13.2. The van der Waals surface area contributed by atoms with Crippen molar-refractivity contribution in [3.05, 3.63) is 70.4 Å².